The van der Waals surface area contributed by atoms with E-state index in [4.69, 9.17) is 5.73 Å². The molecule has 1 aromatic rings. The second-order valence-electron chi connectivity index (χ2n) is 3.22. The Kier molecular flexibility index (Phi) is 3.82. The lowest BCUT2D eigenvalue weighted by atomic mass is 10.3. The summed E-state index contributed by atoms with van der Waals surface area (Å²) in [5.74, 6) is -2.12. The van der Waals surface area contributed by atoms with Crippen LogP contribution in [0, 0.1) is 11.6 Å². The molecule has 0 unspecified atom stereocenters. The molecule has 0 fully saturated rings. The lowest BCUT2D eigenvalue weighted by Gasteiger charge is -2.21. The first-order valence-electron chi connectivity index (χ1n) is 4.49. The third-order valence-electron chi connectivity index (χ3n) is 1.92. The molecule has 0 spiro atoms. The monoisotopic (exact) mass is 250 g/mol. The highest BCUT2D eigenvalue weighted by atomic mass is 32.2. The minimum atomic E-state index is -3.55. The molecule has 0 radical (unpaired) electrons. The Hall–Kier alpha value is -1.21. The van der Waals surface area contributed by atoms with E-state index >= 15 is 0 Å². The van der Waals surface area contributed by atoms with E-state index in [0.717, 1.165) is 22.7 Å². The zero-order valence-corrected chi connectivity index (χ0v) is 9.47. The average molecular weight is 250 g/mol. The Bertz CT molecular complexity index is 476. The lowest BCUT2D eigenvalue weighted by Crippen LogP contribution is -2.34. The van der Waals surface area contributed by atoms with Gasteiger partial charge in [0.25, 0.3) is 0 Å². The lowest BCUT2D eigenvalue weighted by molar-refractivity contribution is 0.508. The fraction of sp³-hybridized carbons (Fsp3) is 0.333. The van der Waals surface area contributed by atoms with Crippen LogP contribution in [0.1, 0.15) is 0 Å². The molecule has 2 N–H and O–H groups in total. The molecule has 7 heteroatoms. The van der Waals surface area contributed by atoms with E-state index < -0.39 is 21.7 Å². The Labute approximate surface area is 92.7 Å². The molecule has 0 aliphatic carbocycles. The first kappa shape index (κ1) is 12.9. The molecule has 0 aromatic heterocycles. The predicted octanol–water partition coefficient (Wildman–Crippen LogP) is 0.690. The Morgan fingerprint density at radius 2 is 1.94 bits per heavy atom. The van der Waals surface area contributed by atoms with Gasteiger partial charge in [-0.3, -0.25) is 4.31 Å². The van der Waals surface area contributed by atoms with Crippen molar-refractivity contribution in [3.05, 3.63) is 29.8 Å². The van der Waals surface area contributed by atoms with Crippen molar-refractivity contribution in [2.24, 2.45) is 5.73 Å². The van der Waals surface area contributed by atoms with Gasteiger partial charge in [-0.05, 0) is 12.1 Å². The van der Waals surface area contributed by atoms with Gasteiger partial charge in [0.1, 0.15) is 0 Å². The van der Waals surface area contributed by atoms with Crippen LogP contribution in [0.4, 0.5) is 14.5 Å². The van der Waals surface area contributed by atoms with Crippen LogP contribution < -0.4 is 10.0 Å². The van der Waals surface area contributed by atoms with E-state index in [-0.39, 0.29) is 18.8 Å². The summed E-state index contributed by atoms with van der Waals surface area (Å²) >= 11 is 0. The molecule has 4 nitrogen and oxygen atoms in total. The number of benzene rings is 1. The number of nitrogens with zero attached hydrogens (tertiary/aromatic N) is 1. The molecule has 0 aliphatic rings. The van der Waals surface area contributed by atoms with Crippen molar-refractivity contribution in [3.8, 4) is 0 Å². The summed E-state index contributed by atoms with van der Waals surface area (Å²) in [6.45, 7) is 0.107. The first-order valence-corrected chi connectivity index (χ1v) is 6.34. The SMILES string of the molecule is CS(=O)(=O)N(CCN)c1ccc(F)c(F)c1. The van der Waals surface area contributed by atoms with Crippen molar-refractivity contribution in [3.63, 3.8) is 0 Å². The highest BCUT2D eigenvalue weighted by Crippen LogP contribution is 2.19. The van der Waals surface area contributed by atoms with Gasteiger partial charge in [-0.1, -0.05) is 0 Å². The van der Waals surface area contributed by atoms with Crippen molar-refractivity contribution in [1.29, 1.82) is 0 Å². The van der Waals surface area contributed by atoms with Crippen LogP contribution in [0.15, 0.2) is 18.2 Å². The van der Waals surface area contributed by atoms with Gasteiger partial charge in [-0.15, -0.1) is 0 Å². The van der Waals surface area contributed by atoms with Gasteiger partial charge in [0.15, 0.2) is 11.6 Å². The predicted molar refractivity (Wildman–Crippen MR) is 57.6 cm³/mol. The number of halogens is 2. The third-order valence-corrected chi connectivity index (χ3v) is 3.12. The zero-order valence-electron chi connectivity index (χ0n) is 8.65. The number of sulfonamides is 1. The van der Waals surface area contributed by atoms with Crippen LogP contribution in [0.3, 0.4) is 0 Å². The largest absolute Gasteiger partial charge is 0.329 e. The third kappa shape index (κ3) is 2.89. The van der Waals surface area contributed by atoms with Gasteiger partial charge in [0, 0.05) is 19.2 Å². The summed E-state index contributed by atoms with van der Waals surface area (Å²) in [7, 11) is -3.55. The van der Waals surface area contributed by atoms with E-state index in [1.165, 1.54) is 6.07 Å². The van der Waals surface area contributed by atoms with Crippen molar-refractivity contribution < 1.29 is 17.2 Å². The van der Waals surface area contributed by atoms with Gasteiger partial charge in [-0.25, -0.2) is 17.2 Å². The maximum Gasteiger partial charge on any atom is 0.232 e. The van der Waals surface area contributed by atoms with Gasteiger partial charge in [0.2, 0.25) is 10.0 Å². The van der Waals surface area contributed by atoms with Crippen molar-refractivity contribution in [2.45, 2.75) is 0 Å². The quantitative estimate of drug-likeness (QED) is 0.855. The molecular formula is C9H12F2N2O2S. The molecule has 1 rings (SSSR count). The molecule has 0 saturated heterocycles. The van der Waals surface area contributed by atoms with Crippen LogP contribution in [-0.2, 0) is 10.0 Å². The van der Waals surface area contributed by atoms with Crippen molar-refractivity contribution in [1.82, 2.24) is 0 Å². The van der Waals surface area contributed by atoms with E-state index in [0.29, 0.717) is 0 Å². The molecule has 0 amide bonds. The number of hydrogen-bond donors (Lipinski definition) is 1. The van der Waals surface area contributed by atoms with Crippen LogP contribution in [0.5, 0.6) is 0 Å². The maximum absolute atomic E-state index is 12.9. The minimum Gasteiger partial charge on any atom is -0.329 e. The average Bonchev–Trinajstić information content (AvgIpc) is 2.17. The van der Waals surface area contributed by atoms with E-state index in [1.807, 2.05) is 0 Å². The van der Waals surface area contributed by atoms with Crippen LogP contribution in [-0.4, -0.2) is 27.8 Å². The molecule has 0 atom stereocenters. The number of nitrogens with two attached hydrogens (primary N) is 1. The normalized spacial score (nSPS) is 11.5. The number of anilines is 1. The Balaban J connectivity index is 3.17. The molecule has 1 aromatic carbocycles. The zero-order chi connectivity index (χ0) is 12.3. The molecule has 16 heavy (non-hydrogen) atoms. The Morgan fingerprint density at radius 1 is 1.31 bits per heavy atom. The Morgan fingerprint density at radius 3 is 2.38 bits per heavy atom. The van der Waals surface area contributed by atoms with Crippen molar-refractivity contribution in [2.75, 3.05) is 23.7 Å². The van der Waals surface area contributed by atoms with Crippen LogP contribution in [0.2, 0.25) is 0 Å². The van der Waals surface area contributed by atoms with Crippen molar-refractivity contribution >= 4 is 15.7 Å². The summed E-state index contributed by atoms with van der Waals surface area (Å²) in [6, 6.07) is 2.89. The fourth-order valence-corrected chi connectivity index (χ4v) is 2.18. The number of hydrogen-bond acceptors (Lipinski definition) is 3. The van der Waals surface area contributed by atoms with E-state index in [9.17, 15) is 17.2 Å². The topological polar surface area (TPSA) is 63.4 Å². The summed E-state index contributed by atoms with van der Waals surface area (Å²) < 4.78 is 49.3. The van der Waals surface area contributed by atoms with E-state index in [1.54, 1.807) is 0 Å². The summed E-state index contributed by atoms with van der Waals surface area (Å²) in [4.78, 5) is 0. The summed E-state index contributed by atoms with van der Waals surface area (Å²) in [5, 5.41) is 0. The van der Waals surface area contributed by atoms with Crippen LogP contribution >= 0.6 is 0 Å². The maximum atomic E-state index is 12.9. The second-order valence-corrected chi connectivity index (χ2v) is 5.13. The highest BCUT2D eigenvalue weighted by molar-refractivity contribution is 7.92. The molecule has 0 aliphatic heterocycles. The van der Waals surface area contributed by atoms with Gasteiger partial charge < -0.3 is 5.73 Å². The highest BCUT2D eigenvalue weighted by Gasteiger charge is 2.17. The fourth-order valence-electron chi connectivity index (χ4n) is 1.24. The summed E-state index contributed by atoms with van der Waals surface area (Å²) in [5.41, 5.74) is 5.32. The van der Waals surface area contributed by atoms with Gasteiger partial charge >= 0.3 is 0 Å². The molecule has 0 heterocycles. The molecule has 90 valence electrons. The molecule has 0 saturated carbocycles. The smallest absolute Gasteiger partial charge is 0.232 e. The van der Waals surface area contributed by atoms with Crippen LogP contribution in [0.25, 0.3) is 0 Å². The number of rotatable bonds is 4. The second kappa shape index (κ2) is 4.75. The molecule has 0 bridgehead atoms. The minimum absolute atomic E-state index is 0.0178. The summed E-state index contributed by atoms with van der Waals surface area (Å²) in [6.07, 6.45) is 0.976. The van der Waals surface area contributed by atoms with E-state index in [2.05, 4.69) is 0 Å². The first-order chi connectivity index (χ1) is 7.36. The standard InChI is InChI=1S/C9H12F2N2O2S/c1-16(14,15)13(5-4-12)7-2-3-8(10)9(11)6-7/h2-3,6H,4-5,12H2,1H3. The van der Waals surface area contributed by atoms with Gasteiger partial charge in [0.05, 0.1) is 11.9 Å². The van der Waals surface area contributed by atoms with Gasteiger partial charge in [-0.2, -0.15) is 0 Å². The molecular weight excluding hydrogens is 238 g/mol.